The minimum atomic E-state index is -1.09. The van der Waals surface area contributed by atoms with Crippen molar-refractivity contribution in [1.82, 2.24) is 4.90 Å². The van der Waals surface area contributed by atoms with Crippen LogP contribution in [-0.2, 0) is 9.59 Å². The third-order valence-electron chi connectivity index (χ3n) is 3.31. The van der Waals surface area contributed by atoms with Gasteiger partial charge in [0.25, 0.3) is 0 Å². The van der Waals surface area contributed by atoms with Crippen LogP contribution in [0.2, 0.25) is 0 Å². The minimum absolute atomic E-state index is 0.0553. The van der Waals surface area contributed by atoms with Crippen LogP contribution in [0.1, 0.15) is 41.0 Å². The molecule has 0 aromatic rings. The van der Waals surface area contributed by atoms with Crippen LogP contribution >= 0.6 is 0 Å². The van der Waals surface area contributed by atoms with E-state index in [0.717, 1.165) is 6.42 Å². The first-order valence-electron chi connectivity index (χ1n) is 6.43. The van der Waals surface area contributed by atoms with Gasteiger partial charge in [-0.15, -0.1) is 0 Å². The first kappa shape index (κ1) is 14.7. The Morgan fingerprint density at radius 1 is 1.33 bits per heavy atom. The quantitative estimate of drug-likeness (QED) is 0.720. The molecule has 0 spiro atoms. The molecule has 4 nitrogen and oxygen atoms in total. The molecule has 18 heavy (non-hydrogen) atoms. The fourth-order valence-corrected chi connectivity index (χ4v) is 2.26. The number of nitriles is 1. The van der Waals surface area contributed by atoms with Crippen LogP contribution in [0.4, 0.5) is 0 Å². The molecule has 1 amide bonds. The van der Waals surface area contributed by atoms with Crippen molar-refractivity contribution in [2.75, 3.05) is 6.54 Å². The molecule has 0 aromatic heterocycles. The van der Waals surface area contributed by atoms with Gasteiger partial charge >= 0.3 is 0 Å². The lowest BCUT2D eigenvalue weighted by Gasteiger charge is -2.29. The molecular formula is C14H22N2O2. The van der Waals surface area contributed by atoms with Gasteiger partial charge < -0.3 is 4.90 Å². The topological polar surface area (TPSA) is 61.2 Å². The average molecular weight is 250 g/mol. The number of likely N-dealkylation sites (tertiary alicyclic amines) is 1. The number of Topliss-reactive ketones (excluding diaryl/α,β-unsaturated/α-hetero) is 1. The lowest BCUT2D eigenvalue weighted by molar-refractivity contribution is -0.131. The third kappa shape index (κ3) is 2.90. The Hall–Kier alpha value is -1.37. The van der Waals surface area contributed by atoms with Crippen LogP contribution in [0.25, 0.3) is 0 Å². The largest absolute Gasteiger partial charge is 0.331 e. The Morgan fingerprint density at radius 3 is 2.28 bits per heavy atom. The van der Waals surface area contributed by atoms with Crippen LogP contribution in [0, 0.1) is 28.6 Å². The summed E-state index contributed by atoms with van der Waals surface area (Å²) in [6, 6.07) is 1.41. The van der Waals surface area contributed by atoms with Crippen molar-refractivity contribution in [2.45, 2.75) is 47.1 Å². The van der Waals surface area contributed by atoms with Crippen LogP contribution < -0.4 is 0 Å². The molecule has 1 heterocycles. The van der Waals surface area contributed by atoms with E-state index in [1.54, 1.807) is 4.90 Å². The maximum Gasteiger partial charge on any atom is 0.248 e. The van der Waals surface area contributed by atoms with Crippen molar-refractivity contribution < 1.29 is 9.59 Å². The smallest absolute Gasteiger partial charge is 0.248 e. The van der Waals surface area contributed by atoms with Gasteiger partial charge in [-0.05, 0) is 17.8 Å². The van der Waals surface area contributed by atoms with Crippen molar-refractivity contribution in [3.05, 3.63) is 0 Å². The molecule has 1 rings (SSSR count). The maximum absolute atomic E-state index is 12.1. The van der Waals surface area contributed by atoms with Crippen molar-refractivity contribution in [1.29, 1.82) is 5.26 Å². The van der Waals surface area contributed by atoms with Gasteiger partial charge in [-0.2, -0.15) is 5.26 Å². The monoisotopic (exact) mass is 250 g/mol. The molecule has 1 aliphatic rings. The van der Waals surface area contributed by atoms with E-state index in [4.69, 9.17) is 5.26 Å². The van der Waals surface area contributed by atoms with Gasteiger partial charge in [0.05, 0.1) is 12.1 Å². The molecule has 0 bridgehead atoms. The van der Waals surface area contributed by atoms with Gasteiger partial charge in [0.15, 0.2) is 11.7 Å². The predicted octanol–water partition coefficient (Wildman–Crippen LogP) is 2.00. The summed E-state index contributed by atoms with van der Waals surface area (Å²) in [5, 5.41) is 8.93. The maximum atomic E-state index is 12.1. The number of hydrogen-bond acceptors (Lipinski definition) is 3. The van der Waals surface area contributed by atoms with E-state index in [-0.39, 0.29) is 23.0 Å². The number of nitrogens with zero attached hydrogens (tertiary/aromatic N) is 2. The van der Waals surface area contributed by atoms with Crippen LogP contribution in [0.15, 0.2) is 0 Å². The fraction of sp³-hybridized carbons (Fsp3) is 0.786. The molecule has 0 radical (unpaired) electrons. The highest BCUT2D eigenvalue weighted by atomic mass is 16.2. The summed E-state index contributed by atoms with van der Waals surface area (Å²) in [4.78, 5) is 25.7. The number of carbonyl (C=O) groups is 2. The van der Waals surface area contributed by atoms with E-state index >= 15 is 0 Å². The first-order chi connectivity index (χ1) is 8.19. The number of ketones is 1. The summed E-state index contributed by atoms with van der Waals surface area (Å²) >= 11 is 0. The second-order valence-electron chi connectivity index (χ2n) is 6.50. The Kier molecular flexibility index (Phi) is 4.16. The SMILES string of the molecule is CC(C)C1C(=O)C(C#N)C(=O)N1CCC(C)(C)C. The molecule has 0 aliphatic carbocycles. The Bertz CT molecular complexity index is 388. The molecule has 1 saturated heterocycles. The summed E-state index contributed by atoms with van der Waals surface area (Å²) in [5.41, 5.74) is 0.107. The highest BCUT2D eigenvalue weighted by Gasteiger charge is 2.48. The van der Waals surface area contributed by atoms with Crippen molar-refractivity contribution >= 4 is 11.7 Å². The minimum Gasteiger partial charge on any atom is -0.331 e. The van der Waals surface area contributed by atoms with Crippen molar-refractivity contribution in [3.63, 3.8) is 0 Å². The molecular weight excluding hydrogens is 228 g/mol. The summed E-state index contributed by atoms with van der Waals surface area (Å²) in [6.07, 6.45) is 0.827. The molecule has 1 fully saturated rings. The normalized spacial score (nSPS) is 24.8. The zero-order chi connectivity index (χ0) is 14.1. The Balaban J connectivity index is 2.90. The molecule has 4 heteroatoms. The van der Waals surface area contributed by atoms with E-state index < -0.39 is 12.0 Å². The number of carbonyl (C=O) groups excluding carboxylic acids is 2. The molecule has 2 atom stereocenters. The van der Waals surface area contributed by atoms with E-state index in [0.29, 0.717) is 6.54 Å². The van der Waals surface area contributed by atoms with Gasteiger partial charge in [-0.1, -0.05) is 34.6 Å². The van der Waals surface area contributed by atoms with Gasteiger partial charge in [-0.25, -0.2) is 0 Å². The van der Waals surface area contributed by atoms with E-state index in [1.807, 2.05) is 19.9 Å². The molecule has 100 valence electrons. The third-order valence-corrected chi connectivity index (χ3v) is 3.31. The lowest BCUT2D eigenvalue weighted by atomic mass is 9.91. The second-order valence-corrected chi connectivity index (χ2v) is 6.50. The van der Waals surface area contributed by atoms with E-state index in [2.05, 4.69) is 20.8 Å². The number of amides is 1. The molecule has 1 aliphatic heterocycles. The van der Waals surface area contributed by atoms with Crippen LogP contribution in [0.5, 0.6) is 0 Å². The first-order valence-corrected chi connectivity index (χ1v) is 6.43. The molecule has 0 N–H and O–H groups in total. The molecule has 2 unspecified atom stereocenters. The molecule has 0 aromatic carbocycles. The standard InChI is InChI=1S/C14H22N2O2/c1-9(2)11-12(17)10(8-15)13(18)16(11)7-6-14(3,4)5/h9-11H,6-7H2,1-5H3. The lowest BCUT2D eigenvalue weighted by Crippen LogP contribution is -2.40. The molecule has 0 saturated carbocycles. The second kappa shape index (κ2) is 5.09. The summed E-state index contributed by atoms with van der Waals surface area (Å²) in [5.74, 6) is -1.58. The highest BCUT2D eigenvalue weighted by molar-refractivity contribution is 6.12. The van der Waals surface area contributed by atoms with Gasteiger partial charge in [0, 0.05) is 6.54 Å². The fourth-order valence-electron chi connectivity index (χ4n) is 2.26. The summed E-state index contributed by atoms with van der Waals surface area (Å²) in [7, 11) is 0. The number of rotatable bonds is 3. The van der Waals surface area contributed by atoms with Crippen molar-refractivity contribution in [2.24, 2.45) is 17.3 Å². The van der Waals surface area contributed by atoms with Gasteiger partial charge in [0.2, 0.25) is 5.91 Å². The zero-order valence-electron chi connectivity index (χ0n) is 11.9. The van der Waals surface area contributed by atoms with Crippen LogP contribution in [0.3, 0.4) is 0 Å². The van der Waals surface area contributed by atoms with Crippen molar-refractivity contribution in [3.8, 4) is 6.07 Å². The van der Waals surface area contributed by atoms with Gasteiger partial charge in [0.1, 0.15) is 0 Å². The Morgan fingerprint density at radius 2 is 1.89 bits per heavy atom. The zero-order valence-corrected chi connectivity index (χ0v) is 11.9. The Labute approximate surface area is 109 Å². The van der Waals surface area contributed by atoms with E-state index in [1.165, 1.54) is 0 Å². The predicted molar refractivity (Wildman–Crippen MR) is 68.5 cm³/mol. The van der Waals surface area contributed by atoms with Gasteiger partial charge in [-0.3, -0.25) is 9.59 Å². The average Bonchev–Trinajstić information content (AvgIpc) is 2.45. The van der Waals surface area contributed by atoms with E-state index in [9.17, 15) is 9.59 Å². The summed E-state index contributed by atoms with van der Waals surface area (Å²) in [6.45, 7) is 10.7. The van der Waals surface area contributed by atoms with Crippen LogP contribution in [-0.4, -0.2) is 29.2 Å². The summed E-state index contributed by atoms with van der Waals surface area (Å²) < 4.78 is 0. The number of hydrogen-bond donors (Lipinski definition) is 0. The highest BCUT2D eigenvalue weighted by Crippen LogP contribution is 2.28.